The van der Waals surface area contributed by atoms with Crippen molar-refractivity contribution in [1.82, 2.24) is 4.98 Å². The number of aromatic nitrogens is 1. The van der Waals surface area contributed by atoms with Crippen LogP contribution in [0, 0.1) is 0 Å². The maximum Gasteiger partial charge on any atom is 0.123 e. The van der Waals surface area contributed by atoms with Gasteiger partial charge < -0.3 is 4.74 Å². The quantitative estimate of drug-likeness (QED) is 0.601. The average molecular weight is 315 g/mol. The number of rotatable bonds is 6. The predicted octanol–water partition coefficient (Wildman–Crippen LogP) is 5.48. The van der Waals surface area contributed by atoms with E-state index in [1.165, 1.54) is 5.56 Å². The molecule has 1 aromatic heterocycles. The van der Waals surface area contributed by atoms with Crippen LogP contribution in [0.3, 0.4) is 0 Å². The molecule has 0 aliphatic heterocycles. The Morgan fingerprint density at radius 2 is 1.67 bits per heavy atom. The van der Waals surface area contributed by atoms with E-state index in [1.54, 1.807) is 0 Å². The number of hydrogen-bond acceptors (Lipinski definition) is 2. The second kappa shape index (κ2) is 8.11. The predicted molar refractivity (Wildman–Crippen MR) is 98.9 cm³/mol. The summed E-state index contributed by atoms with van der Waals surface area (Å²) in [6.45, 7) is 2.71. The Kier molecular flexibility index (Phi) is 5.41. The molecule has 1 heterocycles. The summed E-state index contributed by atoms with van der Waals surface area (Å²) in [4.78, 5) is 4.48. The van der Waals surface area contributed by atoms with Gasteiger partial charge in [0.1, 0.15) is 12.4 Å². The smallest absolute Gasteiger partial charge is 0.123 e. The highest BCUT2D eigenvalue weighted by Crippen LogP contribution is 2.21. The van der Waals surface area contributed by atoms with Gasteiger partial charge in [-0.05, 0) is 17.2 Å². The van der Waals surface area contributed by atoms with Gasteiger partial charge in [0, 0.05) is 18.2 Å². The summed E-state index contributed by atoms with van der Waals surface area (Å²) in [6, 6.07) is 24.4. The van der Waals surface area contributed by atoms with Crippen molar-refractivity contribution >= 4 is 6.08 Å². The summed E-state index contributed by atoms with van der Waals surface area (Å²) in [5.41, 5.74) is 3.36. The first-order valence-corrected chi connectivity index (χ1v) is 8.17. The maximum absolute atomic E-state index is 5.88. The van der Waals surface area contributed by atoms with Gasteiger partial charge in [-0.1, -0.05) is 79.7 Å². The summed E-state index contributed by atoms with van der Waals surface area (Å²) >= 11 is 0. The fourth-order valence-electron chi connectivity index (χ4n) is 2.43. The van der Waals surface area contributed by atoms with E-state index in [9.17, 15) is 0 Å². The molecule has 24 heavy (non-hydrogen) atoms. The van der Waals surface area contributed by atoms with Crippen molar-refractivity contribution in [1.29, 1.82) is 0 Å². The normalized spacial score (nSPS) is 12.2. The molecule has 0 spiro atoms. The SMILES string of the molecule is C[C@H](/C=C/c1ccccc1)c1cc(OCc2ccccc2)ccn1. The summed E-state index contributed by atoms with van der Waals surface area (Å²) < 4.78 is 5.88. The molecule has 0 unspecified atom stereocenters. The van der Waals surface area contributed by atoms with Gasteiger partial charge in [0.2, 0.25) is 0 Å². The Morgan fingerprint density at radius 3 is 2.42 bits per heavy atom. The first-order chi connectivity index (χ1) is 11.8. The topological polar surface area (TPSA) is 22.1 Å². The second-order valence-electron chi connectivity index (χ2n) is 5.75. The standard InChI is InChI=1S/C22H21NO/c1-18(12-13-19-8-4-2-5-9-19)22-16-21(14-15-23-22)24-17-20-10-6-3-7-11-20/h2-16,18H,17H2,1H3/b13-12+/t18-/m1/s1. The minimum Gasteiger partial charge on any atom is -0.489 e. The molecule has 3 aromatic rings. The van der Waals surface area contributed by atoms with Crippen LogP contribution in [-0.2, 0) is 6.61 Å². The first kappa shape index (κ1) is 16.0. The minimum absolute atomic E-state index is 0.227. The van der Waals surface area contributed by atoms with Gasteiger partial charge in [-0.25, -0.2) is 0 Å². The first-order valence-electron chi connectivity index (χ1n) is 8.17. The molecule has 1 atom stereocenters. The number of nitrogens with zero attached hydrogens (tertiary/aromatic N) is 1. The molecule has 2 heteroatoms. The summed E-state index contributed by atoms with van der Waals surface area (Å²) in [7, 11) is 0. The van der Waals surface area contributed by atoms with E-state index >= 15 is 0 Å². The lowest BCUT2D eigenvalue weighted by Crippen LogP contribution is -1.98. The van der Waals surface area contributed by atoms with Crippen LogP contribution in [0.25, 0.3) is 6.08 Å². The molecule has 0 aliphatic carbocycles. The van der Waals surface area contributed by atoms with E-state index in [-0.39, 0.29) is 5.92 Å². The molecule has 3 rings (SSSR count). The molecule has 0 fully saturated rings. The summed E-state index contributed by atoms with van der Waals surface area (Å²) in [5, 5.41) is 0. The molecule has 0 amide bonds. The number of ether oxygens (including phenoxy) is 1. The molecule has 2 aromatic carbocycles. The zero-order valence-electron chi connectivity index (χ0n) is 13.8. The lowest BCUT2D eigenvalue weighted by Gasteiger charge is -2.10. The van der Waals surface area contributed by atoms with Crippen molar-refractivity contribution in [3.63, 3.8) is 0 Å². The third kappa shape index (κ3) is 4.56. The summed E-state index contributed by atoms with van der Waals surface area (Å²) in [6.07, 6.45) is 6.10. The maximum atomic E-state index is 5.88. The number of allylic oxidation sites excluding steroid dienone is 1. The van der Waals surface area contributed by atoms with Gasteiger partial charge in [-0.3, -0.25) is 4.98 Å². The van der Waals surface area contributed by atoms with Crippen molar-refractivity contribution in [2.45, 2.75) is 19.4 Å². The molecule has 2 nitrogen and oxygen atoms in total. The van der Waals surface area contributed by atoms with E-state index in [4.69, 9.17) is 4.74 Å². The Bertz CT molecular complexity index is 781. The van der Waals surface area contributed by atoms with Crippen molar-refractivity contribution in [3.8, 4) is 5.75 Å². The van der Waals surface area contributed by atoms with Gasteiger partial charge in [-0.15, -0.1) is 0 Å². The molecule has 0 bridgehead atoms. The molecular formula is C22H21NO. The molecule has 0 saturated carbocycles. The third-order valence-corrected chi connectivity index (χ3v) is 3.84. The number of benzene rings is 2. The summed E-state index contributed by atoms with van der Waals surface area (Å²) in [5.74, 6) is 1.08. The zero-order valence-corrected chi connectivity index (χ0v) is 13.8. The highest BCUT2D eigenvalue weighted by atomic mass is 16.5. The number of hydrogen-bond donors (Lipinski definition) is 0. The van der Waals surface area contributed by atoms with Gasteiger partial charge in [0.05, 0.1) is 5.69 Å². The second-order valence-corrected chi connectivity index (χ2v) is 5.75. The fraction of sp³-hybridized carbons (Fsp3) is 0.136. The van der Waals surface area contributed by atoms with E-state index in [1.807, 2.05) is 54.7 Å². The monoisotopic (exact) mass is 315 g/mol. The number of pyridine rings is 1. The molecule has 0 radical (unpaired) electrons. The van der Waals surface area contributed by atoms with E-state index in [0.29, 0.717) is 6.61 Å². The Balaban J connectivity index is 1.65. The Morgan fingerprint density at radius 1 is 0.958 bits per heavy atom. The van der Waals surface area contributed by atoms with Gasteiger partial charge >= 0.3 is 0 Å². The van der Waals surface area contributed by atoms with Crippen molar-refractivity contribution in [2.75, 3.05) is 0 Å². The molecule has 0 saturated heterocycles. The van der Waals surface area contributed by atoms with Crippen LogP contribution in [0.4, 0.5) is 0 Å². The molecule has 0 aliphatic rings. The van der Waals surface area contributed by atoms with Crippen LogP contribution in [-0.4, -0.2) is 4.98 Å². The van der Waals surface area contributed by atoms with Crippen LogP contribution in [0.5, 0.6) is 5.75 Å². The molecule has 0 N–H and O–H groups in total. The van der Waals surface area contributed by atoms with Crippen molar-refractivity contribution < 1.29 is 4.74 Å². The lowest BCUT2D eigenvalue weighted by molar-refractivity contribution is 0.305. The zero-order chi connectivity index (χ0) is 16.6. The third-order valence-electron chi connectivity index (χ3n) is 3.84. The Hall–Kier alpha value is -2.87. The molecule has 120 valence electrons. The Labute approximate surface area is 143 Å². The average Bonchev–Trinajstić information content (AvgIpc) is 2.66. The largest absolute Gasteiger partial charge is 0.489 e. The van der Waals surface area contributed by atoms with Gasteiger partial charge in [0.25, 0.3) is 0 Å². The highest BCUT2D eigenvalue weighted by molar-refractivity contribution is 5.50. The lowest BCUT2D eigenvalue weighted by atomic mass is 10.0. The van der Waals surface area contributed by atoms with Crippen molar-refractivity contribution in [3.05, 3.63) is 102 Å². The molecular weight excluding hydrogens is 294 g/mol. The van der Waals surface area contributed by atoms with Crippen LogP contribution in [0.2, 0.25) is 0 Å². The minimum atomic E-state index is 0.227. The van der Waals surface area contributed by atoms with E-state index < -0.39 is 0 Å². The highest BCUT2D eigenvalue weighted by Gasteiger charge is 2.05. The van der Waals surface area contributed by atoms with E-state index in [0.717, 1.165) is 17.0 Å². The van der Waals surface area contributed by atoms with Crippen LogP contribution in [0.1, 0.15) is 29.7 Å². The van der Waals surface area contributed by atoms with Crippen LogP contribution < -0.4 is 4.74 Å². The van der Waals surface area contributed by atoms with E-state index in [2.05, 4.69) is 48.3 Å². The van der Waals surface area contributed by atoms with Gasteiger partial charge in [0.15, 0.2) is 0 Å². The van der Waals surface area contributed by atoms with Crippen LogP contribution in [0.15, 0.2) is 85.1 Å². The van der Waals surface area contributed by atoms with Crippen molar-refractivity contribution in [2.24, 2.45) is 0 Å². The van der Waals surface area contributed by atoms with Gasteiger partial charge in [-0.2, -0.15) is 0 Å². The fourth-order valence-corrected chi connectivity index (χ4v) is 2.43. The van der Waals surface area contributed by atoms with Crippen LogP contribution >= 0.6 is 0 Å².